The zero-order valence-corrected chi connectivity index (χ0v) is 9.45. The number of aromatic nitrogens is 1. The Morgan fingerprint density at radius 1 is 1.47 bits per heavy atom. The third-order valence-electron chi connectivity index (χ3n) is 3.04. The van der Waals surface area contributed by atoms with Crippen molar-refractivity contribution >= 4 is 0 Å². The summed E-state index contributed by atoms with van der Waals surface area (Å²) < 4.78 is 2.22. The number of aryl methyl sites for hydroxylation is 1. The van der Waals surface area contributed by atoms with E-state index in [-0.39, 0.29) is 0 Å². The summed E-state index contributed by atoms with van der Waals surface area (Å²) >= 11 is 0. The summed E-state index contributed by atoms with van der Waals surface area (Å²) in [5.41, 5.74) is 1.39. The van der Waals surface area contributed by atoms with E-state index in [9.17, 15) is 0 Å². The monoisotopic (exact) mass is 204 g/mol. The van der Waals surface area contributed by atoms with E-state index in [1.54, 1.807) is 0 Å². The summed E-state index contributed by atoms with van der Waals surface area (Å²) in [6.07, 6.45) is 12.7. The quantitative estimate of drug-likeness (QED) is 0.746. The van der Waals surface area contributed by atoms with Crippen LogP contribution >= 0.6 is 0 Å². The van der Waals surface area contributed by atoms with Crippen molar-refractivity contribution in [2.75, 3.05) is 0 Å². The molecular formula is C13H20N2. The van der Waals surface area contributed by atoms with E-state index in [0.29, 0.717) is 6.04 Å². The van der Waals surface area contributed by atoms with Gasteiger partial charge in [0.15, 0.2) is 0 Å². The molecule has 1 aliphatic carbocycles. The summed E-state index contributed by atoms with van der Waals surface area (Å²) in [6, 6.07) is 2.88. The molecule has 0 bridgehead atoms. The molecule has 1 N–H and O–H groups in total. The van der Waals surface area contributed by atoms with Crippen LogP contribution in [0.5, 0.6) is 0 Å². The van der Waals surface area contributed by atoms with Gasteiger partial charge in [0.1, 0.15) is 0 Å². The van der Waals surface area contributed by atoms with Crippen LogP contribution in [0.3, 0.4) is 0 Å². The molecule has 0 radical (unpaired) electrons. The van der Waals surface area contributed by atoms with Gasteiger partial charge in [-0.15, -0.1) is 0 Å². The van der Waals surface area contributed by atoms with E-state index < -0.39 is 0 Å². The lowest BCUT2D eigenvalue weighted by Crippen LogP contribution is -2.28. The first-order chi connectivity index (χ1) is 7.38. The van der Waals surface area contributed by atoms with Crippen LogP contribution < -0.4 is 5.32 Å². The average molecular weight is 204 g/mol. The van der Waals surface area contributed by atoms with E-state index in [4.69, 9.17) is 0 Å². The van der Waals surface area contributed by atoms with Crippen molar-refractivity contribution in [1.82, 2.24) is 9.88 Å². The van der Waals surface area contributed by atoms with E-state index in [1.165, 1.54) is 24.8 Å². The molecule has 1 unspecified atom stereocenters. The van der Waals surface area contributed by atoms with Gasteiger partial charge in [0.05, 0.1) is 0 Å². The fraction of sp³-hybridized carbons (Fsp3) is 0.538. The smallest absolute Gasteiger partial charge is 0.0223 e. The summed E-state index contributed by atoms with van der Waals surface area (Å²) in [4.78, 5) is 0. The maximum atomic E-state index is 3.61. The zero-order valence-electron chi connectivity index (χ0n) is 9.45. The Morgan fingerprint density at radius 2 is 2.40 bits per heavy atom. The van der Waals surface area contributed by atoms with Gasteiger partial charge in [-0.25, -0.2) is 0 Å². The summed E-state index contributed by atoms with van der Waals surface area (Å²) in [5.74, 6) is 0. The van der Waals surface area contributed by atoms with Crippen molar-refractivity contribution in [1.29, 1.82) is 0 Å². The van der Waals surface area contributed by atoms with Crippen LogP contribution in [0.4, 0.5) is 0 Å². The van der Waals surface area contributed by atoms with Gasteiger partial charge in [0.2, 0.25) is 0 Å². The van der Waals surface area contributed by atoms with Gasteiger partial charge in [0.25, 0.3) is 0 Å². The minimum atomic E-state index is 0.681. The van der Waals surface area contributed by atoms with Crippen molar-refractivity contribution in [2.45, 2.75) is 45.3 Å². The first kappa shape index (κ1) is 10.5. The van der Waals surface area contributed by atoms with Crippen molar-refractivity contribution in [3.05, 3.63) is 36.2 Å². The lowest BCUT2D eigenvalue weighted by Gasteiger charge is -2.18. The van der Waals surface area contributed by atoms with Gasteiger partial charge < -0.3 is 9.88 Å². The van der Waals surface area contributed by atoms with Gasteiger partial charge in [-0.1, -0.05) is 12.2 Å². The molecule has 0 saturated heterocycles. The fourth-order valence-electron chi connectivity index (χ4n) is 2.03. The molecule has 15 heavy (non-hydrogen) atoms. The SMILES string of the molecule is CCn1ccc(CNC2CC=CCC2)c1. The maximum Gasteiger partial charge on any atom is 0.0223 e. The Hall–Kier alpha value is -1.02. The van der Waals surface area contributed by atoms with E-state index in [2.05, 4.69) is 47.4 Å². The topological polar surface area (TPSA) is 17.0 Å². The van der Waals surface area contributed by atoms with Gasteiger partial charge >= 0.3 is 0 Å². The second kappa shape index (κ2) is 5.17. The molecule has 0 fully saturated rings. The number of nitrogens with one attached hydrogen (secondary N) is 1. The highest BCUT2D eigenvalue weighted by molar-refractivity contribution is 5.10. The molecular weight excluding hydrogens is 184 g/mol. The number of hydrogen-bond donors (Lipinski definition) is 1. The predicted octanol–water partition coefficient (Wildman–Crippen LogP) is 2.71. The molecule has 1 atom stereocenters. The number of allylic oxidation sites excluding steroid dienone is 1. The van der Waals surface area contributed by atoms with Crippen LogP contribution in [-0.4, -0.2) is 10.6 Å². The first-order valence-electron chi connectivity index (χ1n) is 5.91. The highest BCUT2D eigenvalue weighted by Crippen LogP contribution is 2.11. The summed E-state index contributed by atoms with van der Waals surface area (Å²) in [7, 11) is 0. The molecule has 82 valence electrons. The molecule has 0 aromatic carbocycles. The van der Waals surface area contributed by atoms with E-state index >= 15 is 0 Å². The van der Waals surface area contributed by atoms with Crippen LogP contribution in [0, 0.1) is 0 Å². The molecule has 1 heterocycles. The van der Waals surface area contributed by atoms with Crippen molar-refractivity contribution in [2.24, 2.45) is 0 Å². The highest BCUT2D eigenvalue weighted by atomic mass is 14.9. The van der Waals surface area contributed by atoms with Crippen molar-refractivity contribution in [3.63, 3.8) is 0 Å². The van der Waals surface area contributed by atoms with Crippen LogP contribution in [0.2, 0.25) is 0 Å². The van der Waals surface area contributed by atoms with Crippen LogP contribution in [0.25, 0.3) is 0 Å². The van der Waals surface area contributed by atoms with Gasteiger partial charge in [-0.2, -0.15) is 0 Å². The first-order valence-corrected chi connectivity index (χ1v) is 5.91. The molecule has 0 aliphatic heterocycles. The second-order valence-electron chi connectivity index (χ2n) is 4.21. The normalized spacial score (nSPS) is 20.7. The molecule has 0 saturated carbocycles. The molecule has 1 aliphatic rings. The predicted molar refractivity (Wildman–Crippen MR) is 63.7 cm³/mol. The molecule has 1 aromatic rings. The zero-order chi connectivity index (χ0) is 10.5. The average Bonchev–Trinajstić information content (AvgIpc) is 2.76. The Balaban J connectivity index is 1.79. The Kier molecular flexibility index (Phi) is 3.62. The Morgan fingerprint density at radius 3 is 3.07 bits per heavy atom. The van der Waals surface area contributed by atoms with Crippen LogP contribution in [-0.2, 0) is 13.1 Å². The third kappa shape index (κ3) is 2.96. The van der Waals surface area contributed by atoms with Crippen molar-refractivity contribution in [3.8, 4) is 0 Å². The molecule has 2 nitrogen and oxygen atoms in total. The fourth-order valence-corrected chi connectivity index (χ4v) is 2.03. The lowest BCUT2D eigenvalue weighted by atomic mass is 10.0. The Bertz CT molecular complexity index is 325. The molecule has 2 heteroatoms. The maximum absolute atomic E-state index is 3.61. The van der Waals surface area contributed by atoms with Crippen LogP contribution in [0.1, 0.15) is 31.7 Å². The number of rotatable bonds is 4. The molecule has 2 rings (SSSR count). The molecule has 0 spiro atoms. The summed E-state index contributed by atoms with van der Waals surface area (Å²) in [5, 5.41) is 3.61. The van der Waals surface area contributed by atoms with Crippen molar-refractivity contribution < 1.29 is 0 Å². The second-order valence-corrected chi connectivity index (χ2v) is 4.21. The van der Waals surface area contributed by atoms with Gasteiger partial charge in [-0.05, 0) is 37.8 Å². The minimum absolute atomic E-state index is 0.681. The third-order valence-corrected chi connectivity index (χ3v) is 3.04. The standard InChI is InChI=1S/C13H20N2/c1-2-15-9-8-12(11-15)10-14-13-6-4-3-5-7-13/h3-4,8-9,11,13-14H,2,5-7,10H2,1H3. The van der Waals surface area contributed by atoms with Gasteiger partial charge in [0, 0.05) is 31.5 Å². The Labute approximate surface area is 92.0 Å². The van der Waals surface area contributed by atoms with E-state index in [1.807, 2.05) is 0 Å². The molecule has 0 amide bonds. The minimum Gasteiger partial charge on any atom is -0.354 e. The van der Waals surface area contributed by atoms with Crippen LogP contribution in [0.15, 0.2) is 30.6 Å². The number of nitrogens with zero attached hydrogens (tertiary/aromatic N) is 1. The largest absolute Gasteiger partial charge is 0.354 e. The van der Waals surface area contributed by atoms with Gasteiger partial charge in [-0.3, -0.25) is 0 Å². The summed E-state index contributed by atoms with van der Waals surface area (Å²) in [6.45, 7) is 4.24. The molecule has 1 aromatic heterocycles. The van der Waals surface area contributed by atoms with E-state index in [0.717, 1.165) is 13.1 Å². The lowest BCUT2D eigenvalue weighted by molar-refractivity contribution is 0.474. The number of hydrogen-bond acceptors (Lipinski definition) is 1. The highest BCUT2D eigenvalue weighted by Gasteiger charge is 2.08.